The fraction of sp³-hybridized carbons (Fsp3) is 0.714. The van der Waals surface area contributed by atoms with Crippen molar-refractivity contribution in [3.63, 3.8) is 0 Å². The number of rotatable bonds is 3. The molecule has 3 rings (SSSR count). The van der Waals surface area contributed by atoms with E-state index < -0.39 is 0 Å². The molecule has 2 saturated heterocycles. The highest BCUT2D eigenvalue weighted by molar-refractivity contribution is 5.27. The first-order valence-corrected chi connectivity index (χ1v) is 9.66. The molecule has 2 aliphatic rings. The first-order chi connectivity index (χ1) is 11.4. The number of hydrogen-bond donors (Lipinski definition) is 0. The summed E-state index contributed by atoms with van der Waals surface area (Å²) in [6, 6.07) is 10.1. The van der Waals surface area contributed by atoms with Crippen LogP contribution in [0.25, 0.3) is 0 Å². The van der Waals surface area contributed by atoms with Gasteiger partial charge in [-0.2, -0.15) is 0 Å². The lowest BCUT2D eigenvalue weighted by atomic mass is 9.86. The van der Waals surface area contributed by atoms with Crippen LogP contribution >= 0.6 is 0 Å². The predicted octanol–water partition coefficient (Wildman–Crippen LogP) is 3.20. The molecule has 1 aromatic carbocycles. The van der Waals surface area contributed by atoms with Crippen LogP contribution in [0.4, 0.5) is 0 Å². The van der Waals surface area contributed by atoms with Crippen molar-refractivity contribution in [1.29, 1.82) is 0 Å². The van der Waals surface area contributed by atoms with Crippen molar-refractivity contribution in [2.24, 2.45) is 0 Å². The van der Waals surface area contributed by atoms with Gasteiger partial charge in [0.15, 0.2) is 0 Å². The van der Waals surface area contributed by atoms with E-state index in [0.717, 1.165) is 12.6 Å². The summed E-state index contributed by atoms with van der Waals surface area (Å²) in [6.07, 6.45) is 2.67. The average Bonchev–Trinajstić information content (AvgIpc) is 2.56. The summed E-state index contributed by atoms with van der Waals surface area (Å²) in [5.74, 6) is 0. The van der Waals surface area contributed by atoms with Crippen molar-refractivity contribution in [2.45, 2.75) is 51.6 Å². The average molecular weight is 330 g/mol. The van der Waals surface area contributed by atoms with Gasteiger partial charge in [-0.05, 0) is 49.5 Å². The van der Waals surface area contributed by atoms with Gasteiger partial charge >= 0.3 is 0 Å². The molecule has 134 valence electrons. The summed E-state index contributed by atoms with van der Waals surface area (Å²) in [4.78, 5) is 7.82. The molecule has 2 heterocycles. The molecule has 0 saturated carbocycles. The Hall–Kier alpha value is -0.900. The van der Waals surface area contributed by atoms with Gasteiger partial charge in [0, 0.05) is 38.8 Å². The van der Waals surface area contributed by atoms with Gasteiger partial charge in [0.05, 0.1) is 0 Å². The van der Waals surface area contributed by atoms with Gasteiger partial charge in [0.1, 0.15) is 0 Å². The standard InChI is InChI=1S/C21H35N3/c1-21(2,3)19-7-5-18(6-8-19)17-23-11-9-20(10-12-23)24-15-13-22(4)14-16-24/h5-8,20H,9-17H2,1-4H3. The number of nitrogens with zero attached hydrogens (tertiary/aromatic N) is 3. The fourth-order valence-electron chi connectivity index (χ4n) is 4.00. The van der Waals surface area contributed by atoms with E-state index in [9.17, 15) is 0 Å². The number of benzene rings is 1. The Balaban J connectivity index is 1.47. The zero-order valence-electron chi connectivity index (χ0n) is 16.1. The van der Waals surface area contributed by atoms with E-state index in [2.05, 4.69) is 66.8 Å². The number of piperidine rings is 1. The molecule has 0 amide bonds. The first-order valence-electron chi connectivity index (χ1n) is 9.66. The SMILES string of the molecule is CN1CCN(C2CCN(Cc3ccc(C(C)(C)C)cc3)CC2)CC1. The molecule has 0 atom stereocenters. The van der Waals surface area contributed by atoms with Crippen molar-refractivity contribution in [1.82, 2.24) is 14.7 Å². The molecular formula is C21H35N3. The molecule has 0 spiro atoms. The Labute approximate surface area is 148 Å². The highest BCUT2D eigenvalue weighted by Gasteiger charge is 2.26. The van der Waals surface area contributed by atoms with Gasteiger partial charge in [-0.25, -0.2) is 0 Å². The van der Waals surface area contributed by atoms with E-state index in [1.54, 1.807) is 0 Å². The summed E-state index contributed by atoms with van der Waals surface area (Å²) < 4.78 is 0. The van der Waals surface area contributed by atoms with Crippen LogP contribution in [0.2, 0.25) is 0 Å². The van der Waals surface area contributed by atoms with Crippen LogP contribution in [0.1, 0.15) is 44.7 Å². The summed E-state index contributed by atoms with van der Waals surface area (Å²) in [5, 5.41) is 0. The van der Waals surface area contributed by atoms with Crippen molar-refractivity contribution in [3.05, 3.63) is 35.4 Å². The number of piperazine rings is 1. The van der Waals surface area contributed by atoms with E-state index >= 15 is 0 Å². The quantitative estimate of drug-likeness (QED) is 0.843. The summed E-state index contributed by atoms with van der Waals surface area (Å²) >= 11 is 0. The maximum atomic E-state index is 2.73. The Bertz CT molecular complexity index is 501. The lowest BCUT2D eigenvalue weighted by Crippen LogP contribution is -2.52. The lowest BCUT2D eigenvalue weighted by Gasteiger charge is -2.42. The second-order valence-electron chi connectivity index (χ2n) is 8.79. The third-order valence-corrected chi connectivity index (χ3v) is 5.84. The van der Waals surface area contributed by atoms with Crippen LogP contribution in [-0.2, 0) is 12.0 Å². The Morgan fingerprint density at radius 1 is 0.875 bits per heavy atom. The minimum absolute atomic E-state index is 0.249. The van der Waals surface area contributed by atoms with Crippen LogP contribution in [-0.4, -0.2) is 67.1 Å². The molecule has 24 heavy (non-hydrogen) atoms. The third kappa shape index (κ3) is 4.59. The molecule has 0 radical (unpaired) electrons. The highest BCUT2D eigenvalue weighted by Crippen LogP contribution is 2.24. The van der Waals surface area contributed by atoms with Crippen molar-refractivity contribution < 1.29 is 0 Å². The maximum Gasteiger partial charge on any atom is 0.0233 e. The van der Waals surface area contributed by atoms with Gasteiger partial charge in [-0.1, -0.05) is 45.0 Å². The van der Waals surface area contributed by atoms with Gasteiger partial charge in [-0.3, -0.25) is 9.80 Å². The van der Waals surface area contributed by atoms with Crippen molar-refractivity contribution >= 4 is 0 Å². The monoisotopic (exact) mass is 329 g/mol. The van der Waals surface area contributed by atoms with Crippen LogP contribution < -0.4 is 0 Å². The molecule has 0 N–H and O–H groups in total. The second-order valence-corrected chi connectivity index (χ2v) is 8.79. The zero-order valence-corrected chi connectivity index (χ0v) is 16.1. The Morgan fingerprint density at radius 3 is 2.00 bits per heavy atom. The zero-order chi connectivity index (χ0) is 17.2. The van der Waals surface area contributed by atoms with Gasteiger partial charge in [-0.15, -0.1) is 0 Å². The summed E-state index contributed by atoms with van der Waals surface area (Å²) in [5.41, 5.74) is 3.14. The molecule has 0 bridgehead atoms. The van der Waals surface area contributed by atoms with E-state index in [4.69, 9.17) is 0 Å². The van der Waals surface area contributed by atoms with Crippen LogP contribution in [0, 0.1) is 0 Å². The smallest absolute Gasteiger partial charge is 0.0233 e. The second kappa shape index (κ2) is 7.55. The number of hydrogen-bond acceptors (Lipinski definition) is 3. The van der Waals surface area contributed by atoms with E-state index in [1.165, 1.54) is 63.2 Å². The van der Waals surface area contributed by atoms with Gasteiger partial charge < -0.3 is 4.90 Å². The molecular weight excluding hydrogens is 294 g/mol. The normalized spacial score (nSPS) is 22.8. The highest BCUT2D eigenvalue weighted by atomic mass is 15.3. The molecule has 3 heteroatoms. The molecule has 2 fully saturated rings. The number of likely N-dealkylation sites (N-methyl/N-ethyl adjacent to an activating group) is 1. The Morgan fingerprint density at radius 2 is 1.46 bits per heavy atom. The topological polar surface area (TPSA) is 9.72 Å². The predicted molar refractivity (Wildman–Crippen MR) is 103 cm³/mol. The fourth-order valence-corrected chi connectivity index (χ4v) is 4.00. The molecule has 0 unspecified atom stereocenters. The first kappa shape index (κ1) is 17.9. The largest absolute Gasteiger partial charge is 0.304 e. The summed E-state index contributed by atoms with van der Waals surface area (Å²) in [6.45, 7) is 15.4. The molecule has 3 nitrogen and oxygen atoms in total. The van der Waals surface area contributed by atoms with E-state index in [1.807, 2.05) is 0 Å². The van der Waals surface area contributed by atoms with Gasteiger partial charge in [0.2, 0.25) is 0 Å². The maximum absolute atomic E-state index is 2.73. The van der Waals surface area contributed by atoms with Crippen molar-refractivity contribution in [3.8, 4) is 0 Å². The van der Waals surface area contributed by atoms with Gasteiger partial charge in [0.25, 0.3) is 0 Å². The summed E-state index contributed by atoms with van der Waals surface area (Å²) in [7, 11) is 2.24. The van der Waals surface area contributed by atoms with Crippen LogP contribution in [0.5, 0.6) is 0 Å². The Kier molecular flexibility index (Phi) is 5.63. The molecule has 1 aromatic rings. The van der Waals surface area contributed by atoms with Crippen molar-refractivity contribution in [2.75, 3.05) is 46.3 Å². The lowest BCUT2D eigenvalue weighted by molar-refractivity contribution is 0.0658. The van der Waals surface area contributed by atoms with E-state index in [-0.39, 0.29) is 5.41 Å². The third-order valence-electron chi connectivity index (χ3n) is 5.84. The van der Waals surface area contributed by atoms with Crippen LogP contribution in [0.15, 0.2) is 24.3 Å². The molecule has 0 aromatic heterocycles. The van der Waals surface area contributed by atoms with Crippen LogP contribution in [0.3, 0.4) is 0 Å². The number of likely N-dealkylation sites (tertiary alicyclic amines) is 1. The molecule has 0 aliphatic carbocycles. The minimum atomic E-state index is 0.249. The minimum Gasteiger partial charge on any atom is -0.304 e. The van der Waals surface area contributed by atoms with E-state index in [0.29, 0.717) is 0 Å². The molecule has 2 aliphatic heterocycles.